The van der Waals surface area contributed by atoms with Crippen LogP contribution < -0.4 is 0 Å². The number of ether oxygens (including phenoxy) is 4. The van der Waals surface area contributed by atoms with Gasteiger partial charge < -0.3 is 18.9 Å². The first-order valence-corrected chi connectivity index (χ1v) is 9.81. The van der Waals surface area contributed by atoms with Gasteiger partial charge in [-0.15, -0.1) is 5.10 Å². The van der Waals surface area contributed by atoms with Gasteiger partial charge in [0.05, 0.1) is 25.5 Å². The molecule has 0 amide bonds. The van der Waals surface area contributed by atoms with Crippen molar-refractivity contribution in [3.63, 3.8) is 0 Å². The Balaban J connectivity index is 1.73. The lowest BCUT2D eigenvalue weighted by molar-refractivity contribution is -0.348. The molecule has 0 saturated carbocycles. The predicted molar refractivity (Wildman–Crippen MR) is 103 cm³/mol. The van der Waals surface area contributed by atoms with E-state index in [4.69, 9.17) is 24.5 Å². The minimum atomic E-state index is -1.56. The third-order valence-corrected chi connectivity index (χ3v) is 5.46. The second kappa shape index (κ2) is 8.68. The SMILES string of the molecule is CO[C@@H]1[C@@H](n2cc(-c3cc(F)c(F)c(F)c3)nn2)[C@H]2OC(C)(C)OC[C@H]2O[C@@H]1CN=[N+]=[N-]. The lowest BCUT2D eigenvalue weighted by atomic mass is 9.91. The molecule has 1 aromatic heterocycles. The summed E-state index contributed by atoms with van der Waals surface area (Å²) < 4.78 is 65.7. The molecule has 32 heavy (non-hydrogen) atoms. The molecular formula is C19H21F3N6O4. The van der Waals surface area contributed by atoms with Gasteiger partial charge in [0.15, 0.2) is 23.2 Å². The minimum Gasteiger partial charge on any atom is -0.376 e. The predicted octanol–water partition coefficient (Wildman–Crippen LogP) is 3.15. The van der Waals surface area contributed by atoms with Gasteiger partial charge in [0.25, 0.3) is 0 Å². The van der Waals surface area contributed by atoms with E-state index in [1.807, 2.05) is 0 Å². The summed E-state index contributed by atoms with van der Waals surface area (Å²) in [6.07, 6.45) is -0.938. The Morgan fingerprint density at radius 2 is 2.03 bits per heavy atom. The normalized spacial score (nSPS) is 29.2. The molecule has 172 valence electrons. The second-order valence-electron chi connectivity index (χ2n) is 7.95. The van der Waals surface area contributed by atoms with Crippen molar-refractivity contribution in [1.82, 2.24) is 15.0 Å². The van der Waals surface area contributed by atoms with Crippen LogP contribution >= 0.6 is 0 Å². The first kappa shape index (κ1) is 22.5. The summed E-state index contributed by atoms with van der Waals surface area (Å²) in [4.78, 5) is 2.78. The highest BCUT2D eigenvalue weighted by Gasteiger charge is 2.52. The summed E-state index contributed by atoms with van der Waals surface area (Å²) in [5.41, 5.74) is 8.87. The fraction of sp³-hybridized carbons (Fsp3) is 0.579. The van der Waals surface area contributed by atoms with Crippen LogP contribution in [0.3, 0.4) is 0 Å². The van der Waals surface area contributed by atoms with Crippen LogP contribution in [0.5, 0.6) is 0 Å². The summed E-state index contributed by atoms with van der Waals surface area (Å²) in [5, 5.41) is 11.7. The zero-order valence-electron chi connectivity index (χ0n) is 17.5. The molecule has 0 bridgehead atoms. The Bertz CT molecular complexity index is 1020. The first-order chi connectivity index (χ1) is 15.2. The summed E-state index contributed by atoms with van der Waals surface area (Å²) in [6.45, 7) is 3.72. The van der Waals surface area contributed by atoms with Gasteiger partial charge in [-0.3, -0.25) is 0 Å². The van der Waals surface area contributed by atoms with Crippen LogP contribution in [0.2, 0.25) is 0 Å². The maximum Gasteiger partial charge on any atom is 0.194 e. The van der Waals surface area contributed by atoms with Crippen molar-refractivity contribution in [3.05, 3.63) is 46.2 Å². The second-order valence-corrected chi connectivity index (χ2v) is 7.95. The number of nitrogens with zero attached hydrogens (tertiary/aromatic N) is 6. The Morgan fingerprint density at radius 1 is 1.31 bits per heavy atom. The Kier molecular flexibility index (Phi) is 6.10. The lowest BCUT2D eigenvalue weighted by Gasteiger charge is -2.50. The van der Waals surface area contributed by atoms with Gasteiger partial charge in [0.2, 0.25) is 0 Å². The molecule has 0 aliphatic carbocycles. The molecule has 2 aliphatic rings. The zero-order valence-corrected chi connectivity index (χ0v) is 17.5. The van der Waals surface area contributed by atoms with Gasteiger partial charge in [0.1, 0.15) is 30.0 Å². The number of benzene rings is 1. The highest BCUT2D eigenvalue weighted by atomic mass is 19.2. The smallest absolute Gasteiger partial charge is 0.194 e. The number of azide groups is 1. The number of fused-ring (bicyclic) bond motifs is 1. The number of hydrogen-bond acceptors (Lipinski definition) is 7. The van der Waals surface area contributed by atoms with Crippen molar-refractivity contribution in [2.45, 2.75) is 50.1 Å². The highest BCUT2D eigenvalue weighted by molar-refractivity contribution is 5.57. The fourth-order valence-electron chi connectivity index (χ4n) is 4.04. The fourth-order valence-corrected chi connectivity index (χ4v) is 4.04. The molecule has 2 saturated heterocycles. The minimum absolute atomic E-state index is 0.00589. The van der Waals surface area contributed by atoms with E-state index in [1.54, 1.807) is 13.8 Å². The van der Waals surface area contributed by atoms with E-state index >= 15 is 0 Å². The Morgan fingerprint density at radius 3 is 2.69 bits per heavy atom. The summed E-state index contributed by atoms with van der Waals surface area (Å²) in [7, 11) is 1.47. The lowest BCUT2D eigenvalue weighted by Crippen LogP contribution is -2.63. The average molecular weight is 454 g/mol. The van der Waals surface area contributed by atoms with Gasteiger partial charge >= 0.3 is 0 Å². The van der Waals surface area contributed by atoms with E-state index in [0.29, 0.717) is 0 Å². The van der Waals surface area contributed by atoms with Crippen molar-refractivity contribution in [3.8, 4) is 11.3 Å². The van der Waals surface area contributed by atoms with Crippen LogP contribution in [0.25, 0.3) is 21.7 Å². The zero-order chi connectivity index (χ0) is 23.0. The molecule has 2 aliphatic heterocycles. The van der Waals surface area contributed by atoms with E-state index in [9.17, 15) is 13.2 Å². The Labute approximate surface area is 180 Å². The third-order valence-electron chi connectivity index (χ3n) is 5.46. The summed E-state index contributed by atoms with van der Waals surface area (Å²) in [5.74, 6) is -5.14. The van der Waals surface area contributed by atoms with Crippen LogP contribution in [-0.4, -0.2) is 65.5 Å². The van der Waals surface area contributed by atoms with Gasteiger partial charge in [0, 0.05) is 17.6 Å². The number of rotatable bonds is 5. The van der Waals surface area contributed by atoms with Gasteiger partial charge in [-0.1, -0.05) is 10.3 Å². The van der Waals surface area contributed by atoms with Gasteiger partial charge in [-0.05, 0) is 31.5 Å². The monoisotopic (exact) mass is 454 g/mol. The molecular weight excluding hydrogens is 433 g/mol. The molecule has 0 spiro atoms. The number of aromatic nitrogens is 3. The average Bonchev–Trinajstić information content (AvgIpc) is 3.24. The Hall–Kier alpha value is -2.70. The van der Waals surface area contributed by atoms with Crippen LogP contribution in [-0.2, 0) is 18.9 Å². The molecule has 5 atom stereocenters. The maximum absolute atomic E-state index is 13.7. The molecule has 0 radical (unpaired) electrons. The quantitative estimate of drug-likeness (QED) is 0.297. The summed E-state index contributed by atoms with van der Waals surface area (Å²) in [6, 6.07) is 1.08. The van der Waals surface area contributed by atoms with Crippen molar-refractivity contribution in [2.75, 3.05) is 20.3 Å². The van der Waals surface area contributed by atoms with Crippen molar-refractivity contribution in [2.24, 2.45) is 5.11 Å². The number of hydrogen-bond donors (Lipinski definition) is 0. The van der Waals surface area contributed by atoms with Crippen molar-refractivity contribution < 1.29 is 32.1 Å². The van der Waals surface area contributed by atoms with E-state index < -0.39 is 53.7 Å². The summed E-state index contributed by atoms with van der Waals surface area (Å²) >= 11 is 0. The molecule has 2 fully saturated rings. The molecule has 4 rings (SSSR count). The van der Waals surface area contributed by atoms with E-state index in [1.165, 1.54) is 18.0 Å². The largest absolute Gasteiger partial charge is 0.376 e. The molecule has 0 unspecified atom stereocenters. The van der Waals surface area contributed by atoms with E-state index in [2.05, 4.69) is 20.3 Å². The molecule has 1 aromatic carbocycles. The van der Waals surface area contributed by atoms with Crippen LogP contribution in [0, 0.1) is 17.5 Å². The van der Waals surface area contributed by atoms with Crippen LogP contribution in [0.4, 0.5) is 13.2 Å². The number of halogens is 3. The first-order valence-electron chi connectivity index (χ1n) is 9.81. The molecule has 10 nitrogen and oxygen atoms in total. The standard InChI is InChI=1S/C19H21F3N6O4/c1-19(2)30-8-14-18(32-19)16(17(29-3)13(31-14)6-24-26-23)28-7-12(25-27-28)9-4-10(20)15(22)11(21)5-9/h4-5,7,13-14,16-18H,6,8H2,1-3H3/t13-,14-,16-,17+,18+/m1/s1. The molecule has 3 heterocycles. The topological polar surface area (TPSA) is 116 Å². The van der Waals surface area contributed by atoms with Crippen LogP contribution in [0.1, 0.15) is 19.9 Å². The van der Waals surface area contributed by atoms with Gasteiger partial charge in [-0.25, -0.2) is 17.9 Å². The molecule has 2 aromatic rings. The number of methoxy groups -OCH3 is 1. The van der Waals surface area contributed by atoms with Crippen LogP contribution in [0.15, 0.2) is 23.4 Å². The highest BCUT2D eigenvalue weighted by Crippen LogP contribution is 2.39. The molecule has 13 heteroatoms. The molecule has 0 N–H and O–H groups in total. The third kappa shape index (κ3) is 4.17. The van der Waals surface area contributed by atoms with Gasteiger partial charge in [-0.2, -0.15) is 0 Å². The van der Waals surface area contributed by atoms with Crippen molar-refractivity contribution >= 4 is 0 Å². The van der Waals surface area contributed by atoms with E-state index in [0.717, 1.165) is 12.1 Å². The van der Waals surface area contributed by atoms with Crippen molar-refractivity contribution in [1.29, 1.82) is 0 Å². The van der Waals surface area contributed by atoms with E-state index in [-0.39, 0.29) is 24.4 Å². The maximum atomic E-state index is 13.7.